The molecule has 0 saturated heterocycles. The Bertz CT molecular complexity index is 894. The molecule has 2 aliphatic heterocycles. The Morgan fingerprint density at radius 2 is 1.05 bits per heavy atom. The van der Waals surface area contributed by atoms with E-state index in [-0.39, 0.29) is 55.3 Å². The van der Waals surface area contributed by atoms with Crippen LogP contribution in [0.4, 0.5) is 0 Å². The molecule has 0 radical (unpaired) electrons. The van der Waals surface area contributed by atoms with Crippen LogP contribution >= 0.6 is 0 Å². The van der Waals surface area contributed by atoms with Crippen LogP contribution in [0.1, 0.15) is 39.5 Å². The zero-order chi connectivity index (χ0) is 28.3. The first kappa shape index (κ1) is 32.3. The highest BCUT2D eigenvalue weighted by atomic mass is 16.5. The van der Waals surface area contributed by atoms with Crippen LogP contribution in [-0.4, -0.2) is 104 Å². The van der Waals surface area contributed by atoms with Gasteiger partial charge in [-0.05, 0) is 13.3 Å². The molecule has 0 saturated carbocycles. The van der Waals surface area contributed by atoms with Crippen molar-refractivity contribution in [3.63, 3.8) is 0 Å². The molecule has 0 spiro atoms. The third-order valence-corrected chi connectivity index (χ3v) is 5.01. The molecule has 0 aromatic rings. The minimum absolute atomic E-state index is 0.0580. The number of ether oxygens (including phenoxy) is 2. The van der Waals surface area contributed by atoms with Gasteiger partial charge in [-0.25, -0.2) is 0 Å². The average Bonchev–Trinajstić information content (AvgIpc) is 3.37. The molecule has 6 amide bonds. The van der Waals surface area contributed by atoms with Crippen LogP contribution in [0.15, 0.2) is 24.3 Å². The first-order chi connectivity index (χ1) is 18.1. The highest BCUT2D eigenvalue weighted by molar-refractivity contribution is 6.13. The Kier molecular flexibility index (Phi) is 15.8. The van der Waals surface area contributed by atoms with Gasteiger partial charge in [-0.2, -0.15) is 0 Å². The predicted octanol–water partition coefficient (Wildman–Crippen LogP) is -0.742. The van der Waals surface area contributed by atoms with E-state index in [2.05, 4.69) is 10.6 Å². The first-order valence-corrected chi connectivity index (χ1v) is 12.4. The van der Waals surface area contributed by atoms with Crippen LogP contribution in [-0.2, 0) is 43.0 Å². The molecule has 2 heterocycles. The summed E-state index contributed by atoms with van der Waals surface area (Å²) in [4.78, 5) is 80.4. The van der Waals surface area contributed by atoms with Gasteiger partial charge >= 0.3 is 0 Å². The molecule has 13 heteroatoms. The molecule has 0 atom stereocenters. The van der Waals surface area contributed by atoms with Gasteiger partial charge in [0.2, 0.25) is 11.8 Å². The standard InChI is InChI=1S/C13H18N2O5.C12H18N2O4/c1-10(16)5-8-20-9-6-14-11(17)4-7-15-12(18)2-3-13(15)19;1-2-8-18-9-6-13-10(15)5-7-14-11(16)3-4-12(14)17/h2-3H,4-9H2,1H3,(H,14,17);3-4H,2,5-9H2,1H3,(H,13,15). The molecule has 0 aliphatic carbocycles. The van der Waals surface area contributed by atoms with Crippen LogP contribution in [0, 0.1) is 0 Å². The van der Waals surface area contributed by atoms with Crippen LogP contribution in [0.2, 0.25) is 0 Å². The number of carbonyl (C=O) groups is 7. The Hall–Kier alpha value is -3.71. The van der Waals surface area contributed by atoms with Crippen LogP contribution in [0.3, 0.4) is 0 Å². The topological polar surface area (TPSA) is 168 Å². The van der Waals surface area contributed by atoms with Gasteiger partial charge in [0.25, 0.3) is 23.6 Å². The zero-order valence-corrected chi connectivity index (χ0v) is 21.9. The number of carbonyl (C=O) groups excluding carboxylic acids is 7. The quantitative estimate of drug-likeness (QED) is 0.180. The van der Waals surface area contributed by atoms with Gasteiger partial charge in [0.1, 0.15) is 5.78 Å². The molecule has 38 heavy (non-hydrogen) atoms. The van der Waals surface area contributed by atoms with E-state index in [9.17, 15) is 33.6 Å². The van der Waals surface area contributed by atoms with Gasteiger partial charge in [0, 0.05) is 76.4 Å². The molecule has 2 aliphatic rings. The Morgan fingerprint density at radius 3 is 1.42 bits per heavy atom. The second-order valence-corrected chi connectivity index (χ2v) is 8.20. The van der Waals surface area contributed by atoms with Crippen molar-refractivity contribution >= 4 is 41.2 Å². The third kappa shape index (κ3) is 13.6. The summed E-state index contributed by atoms with van der Waals surface area (Å²) in [6, 6.07) is 0. The SMILES string of the molecule is CC(=O)CCOCCNC(=O)CCN1C(=O)C=CC1=O.CCCOCCNC(=O)CCN1C(=O)C=CC1=O. The summed E-state index contributed by atoms with van der Waals surface area (Å²) >= 11 is 0. The summed E-state index contributed by atoms with van der Waals surface area (Å²) in [6.45, 7) is 6.28. The van der Waals surface area contributed by atoms with Crippen molar-refractivity contribution in [2.45, 2.75) is 39.5 Å². The van der Waals surface area contributed by atoms with Gasteiger partial charge < -0.3 is 20.1 Å². The maximum atomic E-state index is 11.5. The number of hydrogen-bond acceptors (Lipinski definition) is 9. The summed E-state index contributed by atoms with van der Waals surface area (Å²) in [5, 5.41) is 5.27. The zero-order valence-electron chi connectivity index (χ0n) is 21.9. The number of nitrogens with zero attached hydrogens (tertiary/aromatic N) is 2. The van der Waals surface area contributed by atoms with Crippen molar-refractivity contribution in [3.05, 3.63) is 24.3 Å². The summed E-state index contributed by atoms with van der Waals surface area (Å²) in [7, 11) is 0. The molecule has 0 unspecified atom stereocenters. The van der Waals surface area contributed by atoms with Crippen molar-refractivity contribution in [1.82, 2.24) is 20.4 Å². The molecule has 2 N–H and O–H groups in total. The normalized spacial score (nSPS) is 14.2. The van der Waals surface area contributed by atoms with Crippen molar-refractivity contribution in [2.24, 2.45) is 0 Å². The number of nitrogens with one attached hydrogen (secondary N) is 2. The Morgan fingerprint density at radius 1 is 0.658 bits per heavy atom. The van der Waals surface area contributed by atoms with Crippen molar-refractivity contribution < 1.29 is 43.0 Å². The van der Waals surface area contributed by atoms with Gasteiger partial charge in [0.15, 0.2) is 0 Å². The van der Waals surface area contributed by atoms with Crippen LogP contribution < -0.4 is 10.6 Å². The number of ketones is 1. The van der Waals surface area contributed by atoms with Crippen molar-refractivity contribution in [2.75, 3.05) is 52.6 Å². The number of amides is 6. The van der Waals surface area contributed by atoms with Gasteiger partial charge in [-0.15, -0.1) is 0 Å². The maximum Gasteiger partial charge on any atom is 0.253 e. The molecular formula is C25H36N4O9. The lowest BCUT2D eigenvalue weighted by atomic mass is 10.3. The van der Waals surface area contributed by atoms with Crippen molar-refractivity contribution in [1.29, 1.82) is 0 Å². The molecular weight excluding hydrogens is 500 g/mol. The monoisotopic (exact) mass is 536 g/mol. The van der Waals surface area contributed by atoms with E-state index in [4.69, 9.17) is 9.47 Å². The van der Waals surface area contributed by atoms with Gasteiger partial charge in [-0.1, -0.05) is 6.92 Å². The Balaban J connectivity index is 0.000000382. The van der Waals surface area contributed by atoms with Gasteiger partial charge in [-0.3, -0.25) is 43.4 Å². The van der Waals surface area contributed by atoms with E-state index in [1.165, 1.54) is 31.2 Å². The minimum Gasteiger partial charge on any atom is -0.380 e. The fourth-order valence-corrected chi connectivity index (χ4v) is 3.00. The average molecular weight is 537 g/mol. The largest absolute Gasteiger partial charge is 0.380 e. The summed E-state index contributed by atoms with van der Waals surface area (Å²) < 4.78 is 10.3. The molecule has 0 bridgehead atoms. The maximum absolute atomic E-state index is 11.5. The van der Waals surface area contributed by atoms with Crippen LogP contribution in [0.25, 0.3) is 0 Å². The molecule has 0 aromatic heterocycles. The number of imide groups is 2. The van der Waals surface area contributed by atoms with E-state index >= 15 is 0 Å². The second kappa shape index (κ2) is 18.5. The van der Waals surface area contributed by atoms with E-state index in [0.29, 0.717) is 45.9 Å². The molecule has 2 rings (SSSR count). The number of hydrogen-bond donors (Lipinski definition) is 2. The summed E-state index contributed by atoms with van der Waals surface area (Å²) in [5.41, 5.74) is 0. The van der Waals surface area contributed by atoms with E-state index in [1.807, 2.05) is 6.92 Å². The number of rotatable bonds is 17. The summed E-state index contributed by atoms with van der Waals surface area (Å²) in [5.74, 6) is -1.90. The second-order valence-electron chi connectivity index (χ2n) is 8.20. The fraction of sp³-hybridized carbons (Fsp3) is 0.560. The third-order valence-electron chi connectivity index (χ3n) is 5.01. The van der Waals surface area contributed by atoms with Crippen molar-refractivity contribution in [3.8, 4) is 0 Å². The van der Waals surface area contributed by atoms with E-state index in [1.54, 1.807) is 0 Å². The smallest absolute Gasteiger partial charge is 0.253 e. The van der Waals surface area contributed by atoms with E-state index in [0.717, 1.165) is 16.2 Å². The molecule has 210 valence electrons. The lowest BCUT2D eigenvalue weighted by Gasteiger charge is -2.13. The highest BCUT2D eigenvalue weighted by Gasteiger charge is 2.24. The minimum atomic E-state index is -0.393. The van der Waals surface area contributed by atoms with E-state index < -0.39 is 11.8 Å². The lowest BCUT2D eigenvalue weighted by Crippen LogP contribution is -2.35. The molecule has 13 nitrogen and oxygen atoms in total. The lowest BCUT2D eigenvalue weighted by molar-refractivity contribution is -0.139. The highest BCUT2D eigenvalue weighted by Crippen LogP contribution is 2.04. The molecule has 0 aromatic carbocycles. The first-order valence-electron chi connectivity index (χ1n) is 12.4. The Labute approximate surface area is 221 Å². The number of Topliss-reactive ketones (excluding diaryl/α,β-unsaturated/α-hetero) is 1. The summed E-state index contributed by atoms with van der Waals surface area (Å²) in [6.07, 6.45) is 6.27. The van der Waals surface area contributed by atoms with Gasteiger partial charge in [0.05, 0.1) is 19.8 Å². The fourth-order valence-electron chi connectivity index (χ4n) is 3.00. The predicted molar refractivity (Wildman–Crippen MR) is 134 cm³/mol. The molecule has 0 fully saturated rings. The van der Waals surface area contributed by atoms with Crippen LogP contribution in [0.5, 0.6) is 0 Å².